The molecule has 0 fully saturated rings. The molecule has 0 saturated carbocycles. The van der Waals surface area contributed by atoms with Crippen molar-refractivity contribution in [2.24, 2.45) is 0 Å². The lowest BCUT2D eigenvalue weighted by molar-refractivity contribution is 1.11. The van der Waals surface area contributed by atoms with Gasteiger partial charge in [0.15, 0.2) is 0 Å². The molecule has 14 heavy (non-hydrogen) atoms. The molecule has 0 aliphatic carbocycles. The van der Waals surface area contributed by atoms with E-state index in [-0.39, 0.29) is 5.28 Å². The number of aromatic nitrogens is 3. The number of rotatable bonds is 1. The first-order valence-corrected chi connectivity index (χ1v) is 4.94. The maximum atomic E-state index is 5.84. The maximum absolute atomic E-state index is 5.84. The Bertz CT molecular complexity index is 485. The first-order chi connectivity index (χ1) is 6.70. The normalized spacial score (nSPS) is 10.8. The zero-order valence-electron chi connectivity index (χ0n) is 7.46. The number of nitrogens with zero attached hydrogens (tertiary/aromatic N) is 3. The van der Waals surface area contributed by atoms with E-state index in [0.29, 0.717) is 10.7 Å². The number of hydrogen-bond donors (Lipinski definition) is 0. The topological polar surface area (TPSA) is 38.7 Å². The molecular weight excluding hydrogens is 221 g/mol. The summed E-state index contributed by atoms with van der Waals surface area (Å²) < 4.78 is 0. The molecule has 0 aliphatic heterocycles. The monoisotopic (exact) mass is 227 g/mol. The molecule has 0 N–H and O–H groups in total. The van der Waals surface area contributed by atoms with Gasteiger partial charge in [0.1, 0.15) is 10.7 Å². The van der Waals surface area contributed by atoms with Crippen molar-refractivity contribution in [3.8, 4) is 0 Å². The Hall–Kier alpha value is -0.930. The number of hydrogen-bond acceptors (Lipinski definition) is 3. The summed E-state index contributed by atoms with van der Waals surface area (Å²) in [7, 11) is 0. The van der Waals surface area contributed by atoms with Crippen molar-refractivity contribution in [2.75, 3.05) is 0 Å². The molecule has 0 saturated heterocycles. The van der Waals surface area contributed by atoms with Crippen LogP contribution in [0.3, 0.4) is 0 Å². The Morgan fingerprint density at radius 3 is 2.79 bits per heavy atom. The molecule has 2 aromatic heterocycles. The van der Waals surface area contributed by atoms with E-state index in [1.807, 2.05) is 6.92 Å². The highest BCUT2D eigenvalue weighted by Crippen LogP contribution is 2.19. The second-order valence-electron chi connectivity index (χ2n) is 2.83. The first kappa shape index (κ1) is 9.62. The first-order valence-electron chi connectivity index (χ1n) is 4.18. The van der Waals surface area contributed by atoms with E-state index >= 15 is 0 Å². The molecule has 5 heteroatoms. The van der Waals surface area contributed by atoms with Gasteiger partial charge in [-0.2, -0.15) is 0 Å². The van der Waals surface area contributed by atoms with Crippen LogP contribution in [0.15, 0.2) is 12.3 Å². The molecule has 2 heterocycles. The lowest BCUT2D eigenvalue weighted by atomic mass is 10.2. The molecule has 0 aliphatic rings. The minimum atomic E-state index is 0.233. The average molecular weight is 228 g/mol. The summed E-state index contributed by atoms with van der Waals surface area (Å²) in [5.41, 5.74) is 2.49. The van der Waals surface area contributed by atoms with Gasteiger partial charge in [0.2, 0.25) is 5.28 Å². The van der Waals surface area contributed by atoms with E-state index in [1.165, 1.54) is 0 Å². The second kappa shape index (κ2) is 3.67. The molecule has 0 bridgehead atoms. The molecule has 0 atom stereocenters. The van der Waals surface area contributed by atoms with Crippen LogP contribution in [-0.2, 0) is 6.42 Å². The lowest BCUT2D eigenvalue weighted by Gasteiger charge is -2.03. The average Bonchev–Trinajstić information content (AvgIpc) is 2.17. The maximum Gasteiger partial charge on any atom is 0.223 e. The largest absolute Gasteiger partial charge is 0.233 e. The SMILES string of the molecule is CCc1cc(Cl)nc2cnc(Cl)nc12. The third-order valence-electron chi connectivity index (χ3n) is 1.95. The standard InChI is InChI=1S/C9H7Cl2N3/c1-2-5-3-7(10)13-6-4-12-9(11)14-8(5)6/h3-4H,2H2,1H3. The third-order valence-corrected chi connectivity index (χ3v) is 2.32. The van der Waals surface area contributed by atoms with Crippen LogP contribution in [0.25, 0.3) is 11.0 Å². The van der Waals surface area contributed by atoms with Crippen LogP contribution in [0, 0.1) is 0 Å². The quantitative estimate of drug-likeness (QED) is 0.556. The highest BCUT2D eigenvalue weighted by Gasteiger charge is 2.05. The summed E-state index contributed by atoms with van der Waals surface area (Å²) in [6.45, 7) is 2.03. The smallest absolute Gasteiger partial charge is 0.223 e. The van der Waals surface area contributed by atoms with Crippen molar-refractivity contribution in [1.29, 1.82) is 0 Å². The van der Waals surface area contributed by atoms with Crippen molar-refractivity contribution in [2.45, 2.75) is 13.3 Å². The highest BCUT2D eigenvalue weighted by molar-refractivity contribution is 6.30. The Labute approximate surface area is 91.1 Å². The van der Waals surface area contributed by atoms with Crippen molar-refractivity contribution < 1.29 is 0 Å². The molecule has 72 valence electrons. The third kappa shape index (κ3) is 1.65. The minimum absolute atomic E-state index is 0.233. The van der Waals surface area contributed by atoms with Gasteiger partial charge < -0.3 is 0 Å². The van der Waals surface area contributed by atoms with Crippen LogP contribution < -0.4 is 0 Å². The number of aryl methyl sites for hydroxylation is 1. The summed E-state index contributed by atoms with van der Waals surface area (Å²) in [4.78, 5) is 12.1. The van der Waals surface area contributed by atoms with Crippen molar-refractivity contribution in [3.63, 3.8) is 0 Å². The fourth-order valence-corrected chi connectivity index (χ4v) is 1.66. The molecule has 2 aromatic rings. The van der Waals surface area contributed by atoms with E-state index in [1.54, 1.807) is 12.3 Å². The Morgan fingerprint density at radius 2 is 2.07 bits per heavy atom. The summed E-state index contributed by atoms with van der Waals surface area (Å²) in [5.74, 6) is 0. The number of halogens is 2. The van der Waals surface area contributed by atoms with Gasteiger partial charge in [-0.3, -0.25) is 0 Å². The minimum Gasteiger partial charge on any atom is -0.233 e. The molecule has 2 rings (SSSR count). The Morgan fingerprint density at radius 1 is 1.29 bits per heavy atom. The van der Waals surface area contributed by atoms with Gasteiger partial charge in [-0.05, 0) is 29.7 Å². The summed E-state index contributed by atoms with van der Waals surface area (Å²) >= 11 is 11.5. The summed E-state index contributed by atoms with van der Waals surface area (Å²) in [5, 5.41) is 0.691. The van der Waals surface area contributed by atoms with E-state index in [0.717, 1.165) is 17.5 Å². The van der Waals surface area contributed by atoms with Gasteiger partial charge in [-0.25, -0.2) is 15.0 Å². The van der Waals surface area contributed by atoms with Crippen LogP contribution in [0.1, 0.15) is 12.5 Å². The van der Waals surface area contributed by atoms with Gasteiger partial charge in [0.05, 0.1) is 11.7 Å². The van der Waals surface area contributed by atoms with Crippen molar-refractivity contribution >= 4 is 34.2 Å². The molecule has 0 spiro atoms. The second-order valence-corrected chi connectivity index (χ2v) is 3.56. The Kier molecular flexibility index (Phi) is 2.52. The van der Waals surface area contributed by atoms with Crippen LogP contribution in [0.4, 0.5) is 0 Å². The van der Waals surface area contributed by atoms with Crippen molar-refractivity contribution in [3.05, 3.63) is 28.3 Å². The molecule has 3 nitrogen and oxygen atoms in total. The van der Waals surface area contributed by atoms with Gasteiger partial charge in [-0.15, -0.1) is 0 Å². The van der Waals surface area contributed by atoms with Crippen LogP contribution in [0.2, 0.25) is 10.4 Å². The molecule has 0 radical (unpaired) electrons. The van der Waals surface area contributed by atoms with Crippen LogP contribution in [0.5, 0.6) is 0 Å². The van der Waals surface area contributed by atoms with E-state index in [4.69, 9.17) is 23.2 Å². The molecule has 0 amide bonds. The fraction of sp³-hybridized carbons (Fsp3) is 0.222. The van der Waals surface area contributed by atoms with Gasteiger partial charge >= 0.3 is 0 Å². The predicted octanol–water partition coefficient (Wildman–Crippen LogP) is 2.89. The summed E-state index contributed by atoms with van der Waals surface area (Å²) in [6.07, 6.45) is 2.42. The van der Waals surface area contributed by atoms with E-state index in [9.17, 15) is 0 Å². The molecule has 0 aromatic carbocycles. The van der Waals surface area contributed by atoms with Crippen LogP contribution >= 0.6 is 23.2 Å². The van der Waals surface area contributed by atoms with Gasteiger partial charge in [0, 0.05) is 0 Å². The van der Waals surface area contributed by atoms with Gasteiger partial charge in [-0.1, -0.05) is 18.5 Å². The molecule has 0 unspecified atom stereocenters. The zero-order valence-corrected chi connectivity index (χ0v) is 8.97. The predicted molar refractivity (Wildman–Crippen MR) is 56.7 cm³/mol. The van der Waals surface area contributed by atoms with Crippen molar-refractivity contribution in [1.82, 2.24) is 15.0 Å². The van der Waals surface area contributed by atoms with Gasteiger partial charge in [0.25, 0.3) is 0 Å². The number of pyridine rings is 1. The molecular formula is C9H7Cl2N3. The zero-order chi connectivity index (χ0) is 10.1. The Balaban J connectivity index is 2.81. The highest BCUT2D eigenvalue weighted by atomic mass is 35.5. The van der Waals surface area contributed by atoms with Crippen LogP contribution in [-0.4, -0.2) is 15.0 Å². The fourth-order valence-electron chi connectivity index (χ4n) is 1.30. The summed E-state index contributed by atoms with van der Waals surface area (Å²) in [6, 6.07) is 1.80. The van der Waals surface area contributed by atoms with E-state index in [2.05, 4.69) is 15.0 Å². The van der Waals surface area contributed by atoms with E-state index < -0.39 is 0 Å². The lowest BCUT2D eigenvalue weighted by Crippen LogP contribution is -1.93. The number of fused-ring (bicyclic) bond motifs is 1.